The van der Waals surface area contributed by atoms with Gasteiger partial charge in [-0.15, -0.1) is 0 Å². The molecule has 6 nitrogen and oxygen atoms in total. The maximum Gasteiger partial charge on any atom is 0.154 e. The number of pyridine rings is 1. The van der Waals surface area contributed by atoms with Gasteiger partial charge in [0, 0.05) is 38.6 Å². The first kappa shape index (κ1) is 18.6. The van der Waals surface area contributed by atoms with Gasteiger partial charge in [-0.25, -0.2) is 14.4 Å². The van der Waals surface area contributed by atoms with Crippen LogP contribution in [0.3, 0.4) is 0 Å². The van der Waals surface area contributed by atoms with Gasteiger partial charge in [0.2, 0.25) is 0 Å². The van der Waals surface area contributed by atoms with Crippen molar-refractivity contribution in [1.82, 2.24) is 20.3 Å². The average Bonchev–Trinajstić information content (AvgIpc) is 2.72. The van der Waals surface area contributed by atoms with E-state index in [1.165, 1.54) is 18.9 Å². The zero-order chi connectivity index (χ0) is 19.5. The van der Waals surface area contributed by atoms with Gasteiger partial charge in [-0.05, 0) is 50.0 Å². The summed E-state index contributed by atoms with van der Waals surface area (Å²) in [5, 5.41) is 6.89. The van der Waals surface area contributed by atoms with Crippen molar-refractivity contribution in [3.63, 3.8) is 0 Å². The second kappa shape index (κ2) is 8.06. The molecule has 0 saturated carbocycles. The minimum absolute atomic E-state index is 0.272. The average molecular weight is 380 g/mol. The fraction of sp³-hybridized carbons (Fsp3) is 0.381. The van der Waals surface area contributed by atoms with Crippen molar-refractivity contribution in [2.24, 2.45) is 5.92 Å². The third-order valence-electron chi connectivity index (χ3n) is 5.14. The molecule has 0 spiro atoms. The molecule has 1 aliphatic heterocycles. The summed E-state index contributed by atoms with van der Waals surface area (Å²) >= 11 is 0. The molecule has 0 unspecified atom stereocenters. The van der Waals surface area contributed by atoms with E-state index in [4.69, 9.17) is 4.98 Å². The van der Waals surface area contributed by atoms with Gasteiger partial charge in [-0.2, -0.15) is 0 Å². The van der Waals surface area contributed by atoms with Crippen molar-refractivity contribution in [3.8, 4) is 11.3 Å². The van der Waals surface area contributed by atoms with Crippen LogP contribution in [0, 0.1) is 11.7 Å². The predicted octanol–water partition coefficient (Wildman–Crippen LogP) is 3.31. The molecule has 0 radical (unpaired) electrons. The van der Waals surface area contributed by atoms with Gasteiger partial charge >= 0.3 is 0 Å². The summed E-state index contributed by atoms with van der Waals surface area (Å²) in [6.45, 7) is 2.92. The van der Waals surface area contributed by atoms with Crippen LogP contribution in [0.25, 0.3) is 22.3 Å². The number of benzene rings is 1. The predicted molar refractivity (Wildman–Crippen MR) is 111 cm³/mol. The van der Waals surface area contributed by atoms with E-state index >= 15 is 0 Å². The van der Waals surface area contributed by atoms with Crippen molar-refractivity contribution >= 4 is 22.5 Å². The van der Waals surface area contributed by atoms with E-state index in [0.717, 1.165) is 36.2 Å². The van der Waals surface area contributed by atoms with Gasteiger partial charge in [-0.1, -0.05) is 6.07 Å². The molecule has 0 aliphatic carbocycles. The van der Waals surface area contributed by atoms with E-state index in [1.807, 2.05) is 26.2 Å². The zero-order valence-electron chi connectivity index (χ0n) is 16.2. The standard InChI is InChI=1S/C21H25FN6/c1-28(2)19-6-5-15(10-16(19)22)17-11-18-20(25-9-8-24-18)21(27-17)26-13-14-4-3-7-23-12-14/h5-6,8-11,14,23H,3-4,7,12-13H2,1-2H3,(H,26,27)/t14-/m0/s1. The molecule has 0 bridgehead atoms. The number of aromatic nitrogens is 3. The van der Waals surface area contributed by atoms with Crippen molar-refractivity contribution in [3.05, 3.63) is 42.5 Å². The van der Waals surface area contributed by atoms with E-state index in [-0.39, 0.29) is 5.82 Å². The summed E-state index contributed by atoms with van der Waals surface area (Å²) < 4.78 is 14.5. The first-order valence-electron chi connectivity index (χ1n) is 9.65. The molecule has 7 heteroatoms. The van der Waals surface area contributed by atoms with Crippen LogP contribution in [-0.4, -0.2) is 48.7 Å². The molecule has 3 aromatic rings. The molecule has 2 N–H and O–H groups in total. The van der Waals surface area contributed by atoms with Crippen LogP contribution in [0.15, 0.2) is 36.7 Å². The lowest BCUT2D eigenvalue weighted by Crippen LogP contribution is -2.33. The van der Waals surface area contributed by atoms with Gasteiger partial charge in [0.15, 0.2) is 5.82 Å². The van der Waals surface area contributed by atoms with Crippen molar-refractivity contribution in [2.75, 3.05) is 43.9 Å². The minimum atomic E-state index is -0.272. The largest absolute Gasteiger partial charge is 0.375 e. The third-order valence-corrected chi connectivity index (χ3v) is 5.14. The fourth-order valence-corrected chi connectivity index (χ4v) is 3.61. The Morgan fingerprint density at radius 3 is 2.82 bits per heavy atom. The molecule has 1 saturated heterocycles. The van der Waals surface area contributed by atoms with Gasteiger partial charge in [-0.3, -0.25) is 4.98 Å². The van der Waals surface area contributed by atoms with Gasteiger partial charge in [0.05, 0.1) is 16.9 Å². The van der Waals surface area contributed by atoms with Crippen LogP contribution < -0.4 is 15.5 Å². The number of nitrogens with zero attached hydrogens (tertiary/aromatic N) is 4. The highest BCUT2D eigenvalue weighted by Gasteiger charge is 2.16. The highest BCUT2D eigenvalue weighted by molar-refractivity contribution is 5.88. The number of piperidine rings is 1. The monoisotopic (exact) mass is 380 g/mol. The van der Waals surface area contributed by atoms with Gasteiger partial charge < -0.3 is 15.5 Å². The summed E-state index contributed by atoms with van der Waals surface area (Å²) in [6, 6.07) is 7.04. The minimum Gasteiger partial charge on any atom is -0.375 e. The lowest BCUT2D eigenvalue weighted by atomic mass is 10.00. The summed E-state index contributed by atoms with van der Waals surface area (Å²) in [6.07, 6.45) is 5.72. The lowest BCUT2D eigenvalue weighted by Gasteiger charge is -2.23. The molecule has 28 heavy (non-hydrogen) atoms. The molecular weight excluding hydrogens is 355 g/mol. The molecule has 1 atom stereocenters. The Kier molecular flexibility index (Phi) is 5.34. The lowest BCUT2D eigenvalue weighted by molar-refractivity contribution is 0.392. The highest BCUT2D eigenvalue weighted by atomic mass is 19.1. The number of hydrogen-bond donors (Lipinski definition) is 2. The first-order chi connectivity index (χ1) is 13.6. The van der Waals surface area contributed by atoms with Crippen molar-refractivity contribution < 1.29 is 4.39 Å². The number of halogens is 1. The number of fused-ring (bicyclic) bond motifs is 1. The van der Waals surface area contributed by atoms with Crippen LogP contribution in [0.5, 0.6) is 0 Å². The highest BCUT2D eigenvalue weighted by Crippen LogP contribution is 2.28. The van der Waals surface area contributed by atoms with Crippen LogP contribution in [0.4, 0.5) is 15.9 Å². The molecule has 1 aliphatic rings. The molecule has 4 rings (SSSR count). The Morgan fingerprint density at radius 2 is 2.07 bits per heavy atom. The molecule has 1 aromatic carbocycles. The Morgan fingerprint density at radius 1 is 1.21 bits per heavy atom. The van der Waals surface area contributed by atoms with Crippen LogP contribution in [0.1, 0.15) is 12.8 Å². The topological polar surface area (TPSA) is 66.0 Å². The normalized spacial score (nSPS) is 16.9. The second-order valence-electron chi connectivity index (χ2n) is 7.43. The van der Waals surface area contributed by atoms with Crippen LogP contribution in [0.2, 0.25) is 0 Å². The van der Waals surface area contributed by atoms with Gasteiger partial charge in [0.1, 0.15) is 11.3 Å². The molecule has 3 heterocycles. The fourth-order valence-electron chi connectivity index (χ4n) is 3.61. The molecule has 2 aromatic heterocycles. The number of hydrogen-bond acceptors (Lipinski definition) is 6. The van der Waals surface area contributed by atoms with Crippen LogP contribution in [-0.2, 0) is 0 Å². The van der Waals surface area contributed by atoms with Gasteiger partial charge in [0.25, 0.3) is 0 Å². The smallest absolute Gasteiger partial charge is 0.154 e. The zero-order valence-corrected chi connectivity index (χ0v) is 16.2. The van der Waals surface area contributed by atoms with E-state index in [1.54, 1.807) is 23.4 Å². The van der Waals surface area contributed by atoms with E-state index in [2.05, 4.69) is 20.6 Å². The second-order valence-corrected chi connectivity index (χ2v) is 7.43. The Bertz CT molecular complexity index is 968. The summed E-state index contributed by atoms with van der Waals surface area (Å²) in [7, 11) is 3.65. The third kappa shape index (κ3) is 3.89. The SMILES string of the molecule is CN(C)c1ccc(-c2cc3nccnc3c(NC[C@H]3CCCNC3)n2)cc1F. The first-order valence-corrected chi connectivity index (χ1v) is 9.65. The Labute approximate surface area is 164 Å². The number of rotatable bonds is 5. The molecular formula is C21H25FN6. The Hall–Kier alpha value is -2.80. The molecule has 146 valence electrons. The number of anilines is 2. The summed E-state index contributed by atoms with van der Waals surface area (Å²) in [5.74, 6) is 0.984. The maximum atomic E-state index is 14.5. The summed E-state index contributed by atoms with van der Waals surface area (Å²) in [4.78, 5) is 15.4. The molecule has 0 amide bonds. The van der Waals surface area contributed by atoms with E-state index in [9.17, 15) is 4.39 Å². The summed E-state index contributed by atoms with van der Waals surface area (Å²) in [5.41, 5.74) is 3.43. The number of nitrogens with one attached hydrogen (secondary N) is 2. The van der Waals surface area contributed by atoms with E-state index in [0.29, 0.717) is 23.1 Å². The van der Waals surface area contributed by atoms with Crippen LogP contribution >= 0.6 is 0 Å². The van der Waals surface area contributed by atoms with Crippen molar-refractivity contribution in [2.45, 2.75) is 12.8 Å². The molecule has 1 fully saturated rings. The van der Waals surface area contributed by atoms with Crippen molar-refractivity contribution in [1.29, 1.82) is 0 Å². The Balaban J connectivity index is 1.68. The maximum absolute atomic E-state index is 14.5. The van der Waals surface area contributed by atoms with E-state index < -0.39 is 0 Å². The quantitative estimate of drug-likeness (QED) is 0.708.